The summed E-state index contributed by atoms with van der Waals surface area (Å²) in [5.74, 6) is 0.690. The van der Waals surface area contributed by atoms with Gasteiger partial charge in [-0.25, -0.2) is 9.37 Å². The number of halogens is 1. The molecule has 1 saturated heterocycles. The highest BCUT2D eigenvalue weighted by Crippen LogP contribution is 2.40. The van der Waals surface area contributed by atoms with Gasteiger partial charge in [0.1, 0.15) is 5.82 Å². The van der Waals surface area contributed by atoms with Crippen molar-refractivity contribution in [3.63, 3.8) is 0 Å². The van der Waals surface area contributed by atoms with Gasteiger partial charge in [-0.15, -0.1) is 5.10 Å². The number of aryl methyl sites for hydroxylation is 2. The first kappa shape index (κ1) is 20.9. The van der Waals surface area contributed by atoms with E-state index >= 15 is 0 Å². The van der Waals surface area contributed by atoms with Gasteiger partial charge in [0, 0.05) is 32.6 Å². The normalized spacial score (nSPS) is 16.0. The molecule has 1 atom stereocenters. The van der Waals surface area contributed by atoms with Crippen LogP contribution in [-0.4, -0.2) is 50.8 Å². The fourth-order valence-electron chi connectivity index (χ4n) is 4.42. The molecule has 2 aromatic carbocycles. The zero-order valence-electron chi connectivity index (χ0n) is 18.2. The van der Waals surface area contributed by atoms with E-state index in [0.29, 0.717) is 23.7 Å². The SMILES string of the molecule is CCc1nc2sc([C@@H](c3cccc(C)c3)N3CCN(c4ccccc4F)CC3)c(O)n2n1. The second-order valence-corrected chi connectivity index (χ2v) is 9.17. The molecule has 0 spiro atoms. The van der Waals surface area contributed by atoms with Gasteiger partial charge < -0.3 is 10.0 Å². The highest BCUT2D eigenvalue weighted by molar-refractivity contribution is 7.17. The monoisotopic (exact) mass is 451 g/mol. The minimum Gasteiger partial charge on any atom is -0.492 e. The van der Waals surface area contributed by atoms with E-state index in [1.807, 2.05) is 19.1 Å². The van der Waals surface area contributed by atoms with Crippen molar-refractivity contribution in [3.05, 3.63) is 76.2 Å². The van der Waals surface area contributed by atoms with Gasteiger partial charge in [0.2, 0.25) is 10.8 Å². The summed E-state index contributed by atoms with van der Waals surface area (Å²) in [4.78, 5) is 10.6. The molecule has 2 aromatic heterocycles. The van der Waals surface area contributed by atoms with Crippen molar-refractivity contribution in [1.29, 1.82) is 0 Å². The summed E-state index contributed by atoms with van der Waals surface area (Å²) in [6.45, 7) is 7.00. The molecule has 166 valence electrons. The van der Waals surface area contributed by atoms with Crippen LogP contribution in [0.25, 0.3) is 4.96 Å². The summed E-state index contributed by atoms with van der Waals surface area (Å²) in [6.07, 6.45) is 0.725. The number of thiazole rings is 1. The molecule has 0 aliphatic carbocycles. The summed E-state index contributed by atoms with van der Waals surface area (Å²) in [5.41, 5.74) is 2.94. The Morgan fingerprint density at radius 1 is 1.09 bits per heavy atom. The topological polar surface area (TPSA) is 56.9 Å². The first-order valence-electron chi connectivity index (χ1n) is 10.9. The van der Waals surface area contributed by atoms with Crippen LogP contribution in [0.5, 0.6) is 5.88 Å². The Balaban J connectivity index is 1.49. The quantitative estimate of drug-likeness (QED) is 0.487. The van der Waals surface area contributed by atoms with E-state index in [4.69, 9.17) is 0 Å². The van der Waals surface area contributed by atoms with Crippen LogP contribution >= 0.6 is 11.3 Å². The fourth-order valence-corrected chi connectivity index (χ4v) is 5.55. The van der Waals surface area contributed by atoms with Gasteiger partial charge in [-0.1, -0.05) is 60.2 Å². The average molecular weight is 452 g/mol. The smallest absolute Gasteiger partial charge is 0.230 e. The van der Waals surface area contributed by atoms with E-state index < -0.39 is 0 Å². The van der Waals surface area contributed by atoms with Gasteiger partial charge in [-0.05, 0) is 24.6 Å². The van der Waals surface area contributed by atoms with Crippen LogP contribution in [0.4, 0.5) is 10.1 Å². The maximum atomic E-state index is 14.3. The molecule has 0 saturated carbocycles. The van der Waals surface area contributed by atoms with E-state index in [2.05, 4.69) is 51.1 Å². The van der Waals surface area contributed by atoms with Crippen LogP contribution in [0.1, 0.15) is 34.8 Å². The van der Waals surface area contributed by atoms with E-state index in [1.165, 1.54) is 23.0 Å². The minimum absolute atomic E-state index is 0.115. The largest absolute Gasteiger partial charge is 0.492 e. The molecule has 1 aliphatic heterocycles. The number of hydrogen-bond donors (Lipinski definition) is 1. The number of fused-ring (bicyclic) bond motifs is 1. The Morgan fingerprint density at radius 2 is 1.88 bits per heavy atom. The van der Waals surface area contributed by atoms with Gasteiger partial charge in [0.15, 0.2) is 5.82 Å². The third kappa shape index (κ3) is 3.73. The predicted molar refractivity (Wildman–Crippen MR) is 125 cm³/mol. The van der Waals surface area contributed by atoms with E-state index in [-0.39, 0.29) is 17.7 Å². The van der Waals surface area contributed by atoms with Crippen molar-refractivity contribution in [1.82, 2.24) is 19.5 Å². The standard InChI is InChI=1S/C24H26FN5OS/c1-3-20-26-24-30(27-20)23(31)22(32-24)21(17-8-6-7-16(2)15-17)29-13-11-28(12-14-29)19-10-5-4-9-18(19)25/h4-10,15,21,31H,3,11-14H2,1-2H3/t21-/m1/s1. The van der Waals surface area contributed by atoms with E-state index in [9.17, 15) is 9.50 Å². The summed E-state index contributed by atoms with van der Waals surface area (Å²) in [5, 5.41) is 15.5. The molecule has 1 N–H and O–H groups in total. The van der Waals surface area contributed by atoms with Crippen LogP contribution in [0.2, 0.25) is 0 Å². The first-order valence-corrected chi connectivity index (χ1v) is 11.7. The van der Waals surface area contributed by atoms with Crippen molar-refractivity contribution < 1.29 is 9.50 Å². The Bertz CT molecular complexity index is 1240. The summed E-state index contributed by atoms with van der Waals surface area (Å²) in [6, 6.07) is 15.2. The third-order valence-corrected chi connectivity index (χ3v) is 7.11. The number of piperazine rings is 1. The van der Waals surface area contributed by atoms with E-state index in [1.54, 1.807) is 10.6 Å². The van der Waals surface area contributed by atoms with Crippen molar-refractivity contribution in [3.8, 4) is 5.88 Å². The molecule has 5 rings (SSSR count). The second kappa shape index (κ2) is 8.52. The lowest BCUT2D eigenvalue weighted by atomic mass is 10.0. The Labute approximate surface area is 190 Å². The lowest BCUT2D eigenvalue weighted by Gasteiger charge is -2.40. The first-order chi connectivity index (χ1) is 15.5. The van der Waals surface area contributed by atoms with Crippen LogP contribution in [0.3, 0.4) is 0 Å². The molecule has 1 aliphatic rings. The van der Waals surface area contributed by atoms with Crippen LogP contribution in [-0.2, 0) is 6.42 Å². The Hall–Kier alpha value is -2.97. The van der Waals surface area contributed by atoms with Crippen molar-refractivity contribution >= 4 is 22.0 Å². The number of hydrogen-bond acceptors (Lipinski definition) is 6. The maximum absolute atomic E-state index is 14.3. The van der Waals surface area contributed by atoms with Gasteiger partial charge >= 0.3 is 0 Å². The summed E-state index contributed by atoms with van der Waals surface area (Å²) < 4.78 is 15.9. The molecular formula is C24H26FN5OS. The number of rotatable bonds is 5. The molecule has 0 amide bonds. The molecule has 3 heterocycles. The molecule has 32 heavy (non-hydrogen) atoms. The predicted octanol–water partition coefficient (Wildman–Crippen LogP) is 4.42. The van der Waals surface area contributed by atoms with Gasteiger partial charge in [0.05, 0.1) is 16.6 Å². The Kier molecular flexibility index (Phi) is 5.57. The molecule has 1 fully saturated rings. The van der Waals surface area contributed by atoms with Crippen molar-refractivity contribution in [2.75, 3.05) is 31.1 Å². The Morgan fingerprint density at radius 3 is 2.56 bits per heavy atom. The van der Waals surface area contributed by atoms with Gasteiger partial charge in [-0.2, -0.15) is 4.52 Å². The summed E-state index contributed by atoms with van der Waals surface area (Å²) in [7, 11) is 0. The van der Waals surface area contributed by atoms with Crippen LogP contribution in [0.15, 0.2) is 48.5 Å². The second-order valence-electron chi connectivity index (χ2n) is 8.16. The molecule has 4 aromatic rings. The highest BCUT2D eigenvalue weighted by Gasteiger charge is 2.32. The molecular weight excluding hydrogens is 425 g/mol. The number of aromatic nitrogens is 3. The zero-order valence-corrected chi connectivity index (χ0v) is 19.0. The lowest BCUT2D eigenvalue weighted by molar-refractivity contribution is 0.210. The molecule has 8 heteroatoms. The van der Waals surface area contributed by atoms with Gasteiger partial charge in [0.25, 0.3) is 0 Å². The average Bonchev–Trinajstić information content (AvgIpc) is 3.34. The molecule has 0 radical (unpaired) electrons. The number of aromatic hydroxyl groups is 1. The zero-order chi connectivity index (χ0) is 22.2. The van der Waals surface area contributed by atoms with Crippen molar-refractivity contribution in [2.24, 2.45) is 0 Å². The van der Waals surface area contributed by atoms with Gasteiger partial charge in [-0.3, -0.25) is 4.90 Å². The summed E-state index contributed by atoms with van der Waals surface area (Å²) >= 11 is 1.49. The third-order valence-electron chi connectivity index (χ3n) is 6.04. The van der Waals surface area contributed by atoms with Crippen LogP contribution < -0.4 is 4.90 Å². The molecule has 0 unspecified atom stereocenters. The van der Waals surface area contributed by atoms with Crippen LogP contribution in [0, 0.1) is 12.7 Å². The minimum atomic E-state index is -0.189. The van der Waals surface area contributed by atoms with Crippen molar-refractivity contribution in [2.45, 2.75) is 26.3 Å². The fraction of sp³-hybridized carbons (Fsp3) is 0.333. The molecule has 6 nitrogen and oxygen atoms in total. The lowest BCUT2D eigenvalue weighted by Crippen LogP contribution is -2.48. The number of para-hydroxylation sites is 1. The number of nitrogens with zero attached hydrogens (tertiary/aromatic N) is 5. The number of benzene rings is 2. The maximum Gasteiger partial charge on any atom is 0.230 e. The highest BCUT2D eigenvalue weighted by atomic mass is 32.1. The molecule has 0 bridgehead atoms. The number of anilines is 1. The van der Waals surface area contributed by atoms with E-state index in [0.717, 1.165) is 35.8 Å².